The lowest BCUT2D eigenvalue weighted by atomic mass is 9.92. The molecule has 1 aromatic heterocycles. The first-order valence-electron chi connectivity index (χ1n) is 6.33. The van der Waals surface area contributed by atoms with Gasteiger partial charge < -0.3 is 9.47 Å². The van der Waals surface area contributed by atoms with Crippen LogP contribution in [0.5, 0.6) is 5.75 Å². The summed E-state index contributed by atoms with van der Waals surface area (Å²) >= 11 is 0. The lowest BCUT2D eigenvalue weighted by Gasteiger charge is -2.20. The number of esters is 1. The molecule has 0 spiro atoms. The molecule has 20 heavy (non-hydrogen) atoms. The van der Waals surface area contributed by atoms with Crippen molar-refractivity contribution in [1.29, 1.82) is 0 Å². The van der Waals surface area contributed by atoms with Crippen molar-refractivity contribution in [3.8, 4) is 5.75 Å². The summed E-state index contributed by atoms with van der Waals surface area (Å²) in [6, 6.07) is 3.45. The van der Waals surface area contributed by atoms with E-state index >= 15 is 0 Å². The van der Waals surface area contributed by atoms with E-state index in [1.165, 1.54) is 7.11 Å². The minimum atomic E-state index is -3.04. The van der Waals surface area contributed by atoms with Crippen molar-refractivity contribution in [3.05, 3.63) is 24.5 Å². The zero-order valence-corrected chi connectivity index (χ0v) is 12.0. The number of hydrogen-bond acceptors (Lipinski definition) is 6. The van der Waals surface area contributed by atoms with Crippen LogP contribution in [-0.2, 0) is 19.4 Å². The van der Waals surface area contributed by atoms with Crippen LogP contribution in [0.2, 0.25) is 0 Å². The van der Waals surface area contributed by atoms with E-state index in [4.69, 9.17) is 9.47 Å². The quantitative estimate of drug-likeness (QED) is 0.744. The van der Waals surface area contributed by atoms with Crippen molar-refractivity contribution in [2.75, 3.05) is 25.2 Å². The summed E-state index contributed by atoms with van der Waals surface area (Å²) in [5, 5.41) is 0. The molecule has 0 aliphatic carbocycles. The number of nitrogens with zero attached hydrogens (tertiary/aromatic N) is 1. The Bertz CT molecular complexity index is 557. The number of sulfone groups is 1. The molecule has 0 saturated carbocycles. The van der Waals surface area contributed by atoms with E-state index in [-0.39, 0.29) is 24.0 Å². The molecule has 6 nitrogen and oxygen atoms in total. The molecule has 7 heteroatoms. The molecule has 2 heterocycles. The van der Waals surface area contributed by atoms with Crippen LogP contribution in [0.1, 0.15) is 6.42 Å². The van der Waals surface area contributed by atoms with Crippen molar-refractivity contribution < 1.29 is 22.7 Å². The van der Waals surface area contributed by atoms with Gasteiger partial charge in [-0.3, -0.25) is 9.78 Å². The highest BCUT2D eigenvalue weighted by Gasteiger charge is 2.38. The summed E-state index contributed by atoms with van der Waals surface area (Å²) in [7, 11) is -1.75. The van der Waals surface area contributed by atoms with Crippen LogP contribution in [0.25, 0.3) is 0 Å². The Morgan fingerprint density at radius 3 is 2.90 bits per heavy atom. The number of carbonyl (C=O) groups is 1. The van der Waals surface area contributed by atoms with Crippen molar-refractivity contribution in [3.63, 3.8) is 0 Å². The van der Waals surface area contributed by atoms with Crippen LogP contribution < -0.4 is 4.74 Å². The van der Waals surface area contributed by atoms with Gasteiger partial charge in [-0.05, 0) is 24.5 Å². The molecule has 0 N–H and O–H groups in total. The first-order valence-corrected chi connectivity index (χ1v) is 8.15. The smallest absolute Gasteiger partial charge is 0.312 e. The van der Waals surface area contributed by atoms with Crippen LogP contribution in [0.15, 0.2) is 24.5 Å². The maximum absolute atomic E-state index is 11.8. The molecule has 2 unspecified atom stereocenters. The van der Waals surface area contributed by atoms with Gasteiger partial charge in [-0.1, -0.05) is 0 Å². The zero-order valence-electron chi connectivity index (χ0n) is 11.2. The molecule has 1 fully saturated rings. The third-order valence-electron chi connectivity index (χ3n) is 3.40. The Kier molecular flexibility index (Phi) is 4.59. The third-order valence-corrected chi connectivity index (χ3v) is 5.20. The van der Waals surface area contributed by atoms with Crippen LogP contribution >= 0.6 is 0 Å². The Morgan fingerprint density at radius 1 is 1.55 bits per heavy atom. The zero-order chi connectivity index (χ0) is 14.6. The normalized spacial score (nSPS) is 22.1. The van der Waals surface area contributed by atoms with Gasteiger partial charge in [0.2, 0.25) is 0 Å². The molecule has 2 atom stereocenters. The number of ether oxygens (including phenoxy) is 2. The second-order valence-electron chi connectivity index (χ2n) is 4.79. The Labute approximate surface area is 118 Å². The van der Waals surface area contributed by atoms with E-state index in [1.807, 2.05) is 0 Å². The van der Waals surface area contributed by atoms with Gasteiger partial charge in [-0.15, -0.1) is 0 Å². The highest BCUT2D eigenvalue weighted by Crippen LogP contribution is 2.27. The molecule has 1 aliphatic heterocycles. The molecule has 0 bridgehead atoms. The lowest BCUT2D eigenvalue weighted by molar-refractivity contribution is -0.148. The first kappa shape index (κ1) is 14.8. The van der Waals surface area contributed by atoms with Crippen molar-refractivity contribution >= 4 is 15.8 Å². The fourth-order valence-corrected chi connectivity index (χ4v) is 4.19. The Balaban J connectivity index is 2.03. The summed E-state index contributed by atoms with van der Waals surface area (Å²) in [5.41, 5.74) is 0. The van der Waals surface area contributed by atoms with Crippen molar-refractivity contribution in [1.82, 2.24) is 4.98 Å². The maximum Gasteiger partial charge on any atom is 0.312 e. The van der Waals surface area contributed by atoms with E-state index in [0.717, 1.165) is 0 Å². The van der Waals surface area contributed by atoms with Crippen LogP contribution in [0.3, 0.4) is 0 Å². The predicted molar refractivity (Wildman–Crippen MR) is 72.0 cm³/mol. The number of aromatic nitrogens is 1. The van der Waals surface area contributed by atoms with Crippen molar-refractivity contribution in [2.24, 2.45) is 11.8 Å². The van der Waals surface area contributed by atoms with Gasteiger partial charge in [0.15, 0.2) is 9.84 Å². The second-order valence-corrected chi connectivity index (χ2v) is 7.02. The molecule has 0 radical (unpaired) electrons. The summed E-state index contributed by atoms with van der Waals surface area (Å²) in [6.07, 6.45) is 3.63. The number of hydrogen-bond donors (Lipinski definition) is 0. The summed E-state index contributed by atoms with van der Waals surface area (Å²) in [4.78, 5) is 15.7. The highest BCUT2D eigenvalue weighted by molar-refractivity contribution is 7.91. The number of methoxy groups -OCH3 is 1. The van der Waals surface area contributed by atoms with E-state index in [9.17, 15) is 13.2 Å². The third kappa shape index (κ3) is 3.69. The predicted octanol–water partition coefficient (Wildman–Crippen LogP) is 0.684. The SMILES string of the molecule is COC(=O)C(COc1cccnc1)C1CCS(=O)(=O)C1. The van der Waals surface area contributed by atoms with Gasteiger partial charge in [0.1, 0.15) is 12.4 Å². The van der Waals surface area contributed by atoms with Crippen LogP contribution in [0, 0.1) is 11.8 Å². The van der Waals surface area contributed by atoms with Gasteiger partial charge in [0, 0.05) is 6.20 Å². The average molecular weight is 299 g/mol. The van der Waals surface area contributed by atoms with Gasteiger partial charge in [-0.2, -0.15) is 0 Å². The summed E-state index contributed by atoms with van der Waals surface area (Å²) in [5.74, 6) is -0.568. The Morgan fingerprint density at radius 2 is 2.35 bits per heavy atom. The fraction of sp³-hybridized carbons (Fsp3) is 0.538. The molecular formula is C13H17NO5S. The molecule has 1 aromatic rings. The van der Waals surface area contributed by atoms with E-state index in [0.29, 0.717) is 12.2 Å². The molecular weight excluding hydrogens is 282 g/mol. The largest absolute Gasteiger partial charge is 0.491 e. The van der Waals surface area contributed by atoms with E-state index in [2.05, 4.69) is 4.98 Å². The standard InChI is InChI=1S/C13H17NO5S/c1-18-13(15)12(10-4-6-20(16,17)9-10)8-19-11-3-2-5-14-7-11/h2-3,5,7,10,12H,4,6,8-9H2,1H3. The lowest BCUT2D eigenvalue weighted by Crippen LogP contribution is -2.31. The highest BCUT2D eigenvalue weighted by atomic mass is 32.2. The second kappa shape index (κ2) is 6.21. The number of pyridine rings is 1. The van der Waals surface area contributed by atoms with Crippen LogP contribution in [-0.4, -0.2) is 44.6 Å². The molecule has 0 aromatic carbocycles. The number of rotatable bonds is 5. The van der Waals surface area contributed by atoms with E-state index < -0.39 is 21.7 Å². The molecule has 0 amide bonds. The summed E-state index contributed by atoms with van der Waals surface area (Å²) < 4.78 is 33.3. The van der Waals surface area contributed by atoms with Gasteiger partial charge in [-0.25, -0.2) is 8.42 Å². The summed E-state index contributed by atoms with van der Waals surface area (Å²) in [6.45, 7) is 0.0958. The van der Waals surface area contributed by atoms with Crippen LogP contribution in [0.4, 0.5) is 0 Å². The van der Waals surface area contributed by atoms with Gasteiger partial charge in [0.05, 0.1) is 30.7 Å². The fourth-order valence-electron chi connectivity index (χ4n) is 2.31. The molecule has 1 aliphatic rings. The van der Waals surface area contributed by atoms with Crippen molar-refractivity contribution in [2.45, 2.75) is 6.42 Å². The monoisotopic (exact) mass is 299 g/mol. The molecule has 110 valence electrons. The Hall–Kier alpha value is -1.63. The van der Waals surface area contributed by atoms with E-state index in [1.54, 1.807) is 24.5 Å². The molecule has 1 saturated heterocycles. The minimum absolute atomic E-state index is 0.0170. The molecule has 2 rings (SSSR count). The average Bonchev–Trinajstić information content (AvgIpc) is 2.80. The minimum Gasteiger partial charge on any atom is -0.491 e. The van der Waals surface area contributed by atoms with Gasteiger partial charge >= 0.3 is 5.97 Å². The maximum atomic E-state index is 11.8. The van der Waals surface area contributed by atoms with Gasteiger partial charge in [0.25, 0.3) is 0 Å². The number of carbonyl (C=O) groups excluding carboxylic acids is 1. The topological polar surface area (TPSA) is 82.6 Å². The first-order chi connectivity index (χ1) is 9.52.